The number of carbonyl (C=O) groups is 2. The Labute approximate surface area is 201 Å². The van der Waals surface area contributed by atoms with E-state index >= 15 is 0 Å². The van der Waals surface area contributed by atoms with Crippen molar-refractivity contribution in [3.05, 3.63) is 55.9 Å². The molecule has 0 atom stereocenters. The first-order valence-electron chi connectivity index (χ1n) is 10.4. The van der Waals surface area contributed by atoms with Crippen molar-refractivity contribution in [2.24, 2.45) is 0 Å². The molecule has 0 saturated carbocycles. The van der Waals surface area contributed by atoms with Crippen LogP contribution in [0.4, 0.5) is 18.9 Å². The van der Waals surface area contributed by atoms with Crippen molar-refractivity contribution >= 4 is 40.2 Å². The van der Waals surface area contributed by atoms with E-state index in [2.05, 4.69) is 20.0 Å². The average Bonchev–Trinajstić information content (AvgIpc) is 3.39. The SMILES string of the molecule is Cc1nc(C)c(C(=O)N2CCC(c3nc(C(=O)Nc4cccc(OC(F)(F)F)c4)cs3)CC2)s1. The fraction of sp³-hybridized carbons (Fsp3) is 0.364. The maximum absolute atomic E-state index is 12.8. The zero-order chi connectivity index (χ0) is 24.5. The van der Waals surface area contributed by atoms with Crippen molar-refractivity contribution < 1.29 is 27.5 Å². The molecule has 1 saturated heterocycles. The van der Waals surface area contributed by atoms with E-state index in [1.54, 1.807) is 5.38 Å². The maximum Gasteiger partial charge on any atom is 0.573 e. The molecule has 0 bridgehead atoms. The number of aromatic nitrogens is 2. The van der Waals surface area contributed by atoms with E-state index in [4.69, 9.17) is 0 Å². The van der Waals surface area contributed by atoms with Crippen LogP contribution in [0, 0.1) is 13.8 Å². The molecule has 1 aromatic carbocycles. The number of amides is 2. The molecule has 180 valence electrons. The zero-order valence-electron chi connectivity index (χ0n) is 18.3. The number of alkyl halides is 3. The van der Waals surface area contributed by atoms with Crippen LogP contribution in [0.2, 0.25) is 0 Å². The van der Waals surface area contributed by atoms with Gasteiger partial charge in [-0.25, -0.2) is 9.97 Å². The lowest BCUT2D eigenvalue weighted by atomic mass is 9.97. The molecule has 1 fully saturated rings. The fourth-order valence-corrected chi connectivity index (χ4v) is 5.61. The Bertz CT molecular complexity index is 1200. The molecule has 3 aromatic rings. The van der Waals surface area contributed by atoms with Gasteiger partial charge < -0.3 is 15.0 Å². The molecular formula is C22H21F3N4O3S2. The van der Waals surface area contributed by atoms with Crippen LogP contribution < -0.4 is 10.1 Å². The highest BCUT2D eigenvalue weighted by atomic mass is 32.1. The zero-order valence-corrected chi connectivity index (χ0v) is 19.9. The third kappa shape index (κ3) is 5.73. The van der Waals surface area contributed by atoms with Crippen molar-refractivity contribution in [3.63, 3.8) is 0 Å². The number of ether oxygens (including phenoxy) is 1. The Morgan fingerprint density at radius 3 is 2.56 bits per heavy atom. The number of hydrogen-bond donors (Lipinski definition) is 1. The second-order valence-corrected chi connectivity index (χ2v) is 9.91. The lowest BCUT2D eigenvalue weighted by Gasteiger charge is -2.30. The maximum atomic E-state index is 12.8. The van der Waals surface area contributed by atoms with Gasteiger partial charge in [0.1, 0.15) is 16.3 Å². The highest BCUT2D eigenvalue weighted by Crippen LogP contribution is 2.32. The van der Waals surface area contributed by atoms with Crippen LogP contribution in [-0.4, -0.2) is 46.1 Å². The molecule has 1 aliphatic rings. The number of anilines is 1. The normalized spacial score (nSPS) is 14.8. The summed E-state index contributed by atoms with van der Waals surface area (Å²) in [4.78, 5) is 36.6. The molecule has 2 amide bonds. The van der Waals surface area contributed by atoms with Gasteiger partial charge in [0.2, 0.25) is 0 Å². The summed E-state index contributed by atoms with van der Waals surface area (Å²) < 4.78 is 41.1. The molecular weight excluding hydrogens is 489 g/mol. The molecule has 3 heterocycles. The minimum Gasteiger partial charge on any atom is -0.406 e. The molecule has 0 radical (unpaired) electrons. The summed E-state index contributed by atoms with van der Waals surface area (Å²) in [6.07, 6.45) is -3.35. The number of rotatable bonds is 5. The quantitative estimate of drug-likeness (QED) is 0.498. The van der Waals surface area contributed by atoms with Gasteiger partial charge in [0.15, 0.2) is 0 Å². The van der Waals surface area contributed by atoms with Gasteiger partial charge in [-0.3, -0.25) is 9.59 Å². The molecule has 0 aliphatic carbocycles. The number of thiazole rings is 2. The van der Waals surface area contributed by atoms with Gasteiger partial charge in [-0.1, -0.05) is 6.07 Å². The van der Waals surface area contributed by atoms with Crippen molar-refractivity contribution in [2.75, 3.05) is 18.4 Å². The highest BCUT2D eigenvalue weighted by molar-refractivity contribution is 7.13. The van der Waals surface area contributed by atoms with Gasteiger partial charge >= 0.3 is 6.36 Å². The monoisotopic (exact) mass is 510 g/mol. The van der Waals surface area contributed by atoms with E-state index in [9.17, 15) is 22.8 Å². The number of nitrogens with zero attached hydrogens (tertiary/aromatic N) is 3. The largest absolute Gasteiger partial charge is 0.573 e. The number of likely N-dealkylation sites (tertiary alicyclic amines) is 1. The molecule has 0 unspecified atom stereocenters. The summed E-state index contributed by atoms with van der Waals surface area (Å²) in [7, 11) is 0. The minimum atomic E-state index is -4.81. The van der Waals surface area contributed by atoms with Crippen LogP contribution in [0.5, 0.6) is 5.75 Å². The Morgan fingerprint density at radius 2 is 1.91 bits per heavy atom. The van der Waals surface area contributed by atoms with Crippen LogP contribution >= 0.6 is 22.7 Å². The topological polar surface area (TPSA) is 84.4 Å². The molecule has 4 rings (SSSR count). The predicted octanol–water partition coefficient (Wildman–Crippen LogP) is 5.39. The van der Waals surface area contributed by atoms with E-state index in [1.165, 1.54) is 34.8 Å². The molecule has 2 aromatic heterocycles. The standard InChI is InChI=1S/C22H21F3N4O3S2/c1-12-18(34-13(2)26-12)21(31)29-8-6-14(7-9-29)20-28-17(11-33-20)19(30)27-15-4-3-5-16(10-15)32-22(23,24)25/h3-5,10-11,14H,6-9H2,1-2H3,(H,27,30). The van der Waals surface area contributed by atoms with Crippen molar-refractivity contribution in [2.45, 2.75) is 39.0 Å². The third-order valence-corrected chi connectivity index (χ3v) is 7.38. The summed E-state index contributed by atoms with van der Waals surface area (Å²) in [5, 5.41) is 5.84. The van der Waals surface area contributed by atoms with E-state index in [1.807, 2.05) is 18.7 Å². The summed E-state index contributed by atoms with van der Waals surface area (Å²) in [6.45, 7) is 4.90. The summed E-state index contributed by atoms with van der Waals surface area (Å²) in [6, 6.07) is 5.07. The summed E-state index contributed by atoms with van der Waals surface area (Å²) in [5.74, 6) is -0.814. The molecule has 1 aliphatic heterocycles. The minimum absolute atomic E-state index is 0.00233. The van der Waals surface area contributed by atoms with E-state index in [-0.39, 0.29) is 23.2 Å². The summed E-state index contributed by atoms with van der Waals surface area (Å²) >= 11 is 2.76. The van der Waals surface area contributed by atoms with Crippen LogP contribution in [0.15, 0.2) is 29.6 Å². The van der Waals surface area contributed by atoms with E-state index in [0.717, 1.165) is 40.7 Å². The Kier molecular flexibility index (Phi) is 6.89. The van der Waals surface area contributed by atoms with Gasteiger partial charge in [0, 0.05) is 36.1 Å². The van der Waals surface area contributed by atoms with E-state index < -0.39 is 18.0 Å². The molecule has 34 heavy (non-hydrogen) atoms. The molecule has 7 nitrogen and oxygen atoms in total. The van der Waals surface area contributed by atoms with Gasteiger partial charge in [-0.15, -0.1) is 35.8 Å². The number of nitrogens with one attached hydrogen (secondary N) is 1. The number of carbonyl (C=O) groups excluding carboxylic acids is 2. The second kappa shape index (κ2) is 9.71. The third-order valence-electron chi connectivity index (χ3n) is 5.31. The highest BCUT2D eigenvalue weighted by Gasteiger charge is 2.31. The molecule has 0 spiro atoms. The number of halogens is 3. The smallest absolute Gasteiger partial charge is 0.406 e. The van der Waals surface area contributed by atoms with Gasteiger partial charge in [-0.05, 0) is 38.8 Å². The van der Waals surface area contributed by atoms with Crippen LogP contribution in [-0.2, 0) is 0 Å². The number of aryl methyl sites for hydroxylation is 2. The van der Waals surface area contributed by atoms with Crippen molar-refractivity contribution in [1.29, 1.82) is 0 Å². The van der Waals surface area contributed by atoms with Crippen LogP contribution in [0.25, 0.3) is 0 Å². The second-order valence-electron chi connectivity index (χ2n) is 7.81. The number of piperidine rings is 1. The summed E-state index contributed by atoms with van der Waals surface area (Å²) in [5.41, 5.74) is 1.11. The average molecular weight is 511 g/mol. The lowest BCUT2D eigenvalue weighted by Crippen LogP contribution is -2.37. The first-order valence-corrected chi connectivity index (χ1v) is 12.1. The molecule has 1 N–H and O–H groups in total. The number of hydrogen-bond acceptors (Lipinski definition) is 7. The van der Waals surface area contributed by atoms with Crippen LogP contribution in [0.1, 0.15) is 54.6 Å². The van der Waals surface area contributed by atoms with Crippen LogP contribution in [0.3, 0.4) is 0 Å². The Balaban J connectivity index is 1.35. The fourth-order valence-electron chi connectivity index (χ4n) is 3.75. The van der Waals surface area contributed by atoms with Gasteiger partial charge in [0.25, 0.3) is 11.8 Å². The van der Waals surface area contributed by atoms with Gasteiger partial charge in [-0.2, -0.15) is 0 Å². The van der Waals surface area contributed by atoms with E-state index in [0.29, 0.717) is 18.0 Å². The number of benzene rings is 1. The Morgan fingerprint density at radius 1 is 1.18 bits per heavy atom. The first-order chi connectivity index (χ1) is 16.1. The molecule has 12 heteroatoms. The lowest BCUT2D eigenvalue weighted by molar-refractivity contribution is -0.274. The Hall–Kier alpha value is -2.99. The first kappa shape index (κ1) is 24.1. The van der Waals surface area contributed by atoms with Crippen molar-refractivity contribution in [3.8, 4) is 5.75 Å². The predicted molar refractivity (Wildman–Crippen MR) is 123 cm³/mol. The van der Waals surface area contributed by atoms with Crippen molar-refractivity contribution in [1.82, 2.24) is 14.9 Å². The van der Waals surface area contributed by atoms with Gasteiger partial charge in [0.05, 0.1) is 15.7 Å².